The van der Waals surface area contributed by atoms with Crippen LogP contribution in [0.1, 0.15) is 21.5 Å². The lowest BCUT2D eigenvalue weighted by atomic mass is 10.2. The van der Waals surface area contributed by atoms with Crippen LogP contribution in [0.15, 0.2) is 64.2 Å². The zero-order valence-corrected chi connectivity index (χ0v) is 19.3. The predicted molar refractivity (Wildman–Crippen MR) is 125 cm³/mol. The Labute approximate surface area is 197 Å². The van der Waals surface area contributed by atoms with Gasteiger partial charge in [-0.05, 0) is 54.1 Å². The summed E-state index contributed by atoms with van der Waals surface area (Å²) < 4.78 is 11.9. The number of carbonyl (C=O) groups is 1. The van der Waals surface area contributed by atoms with Crippen LogP contribution in [-0.2, 0) is 6.61 Å². The molecule has 2 N–H and O–H groups in total. The van der Waals surface area contributed by atoms with E-state index in [0.717, 1.165) is 5.56 Å². The lowest BCUT2D eigenvalue weighted by molar-refractivity contribution is 0.0952. The zero-order chi connectivity index (χ0) is 22.4. The highest BCUT2D eigenvalue weighted by Crippen LogP contribution is 2.30. The van der Waals surface area contributed by atoms with Gasteiger partial charge in [0.1, 0.15) is 12.4 Å². The molecule has 0 aliphatic heterocycles. The number of nitrogens with zero attached hydrogens (tertiary/aromatic N) is 1. The summed E-state index contributed by atoms with van der Waals surface area (Å²) in [6.07, 6.45) is 1.45. The molecule has 3 rings (SSSR count). The van der Waals surface area contributed by atoms with Crippen molar-refractivity contribution in [1.82, 2.24) is 5.43 Å². The highest BCUT2D eigenvalue weighted by atomic mass is 79.9. The molecule has 0 spiro atoms. The van der Waals surface area contributed by atoms with Crippen molar-refractivity contribution in [3.63, 3.8) is 0 Å². The lowest BCUT2D eigenvalue weighted by Gasteiger charge is -2.12. The Morgan fingerprint density at radius 3 is 2.68 bits per heavy atom. The molecular formula is C22H17BrCl2N2O4. The number of aromatic hydroxyl groups is 1. The van der Waals surface area contributed by atoms with Crippen LogP contribution in [0, 0.1) is 0 Å². The molecule has 0 aliphatic carbocycles. The minimum atomic E-state index is -0.540. The molecule has 3 aromatic rings. The van der Waals surface area contributed by atoms with Crippen LogP contribution in [0.2, 0.25) is 10.0 Å². The number of halogens is 3. The average Bonchev–Trinajstić information content (AvgIpc) is 2.75. The molecule has 31 heavy (non-hydrogen) atoms. The first-order valence-electron chi connectivity index (χ1n) is 8.94. The van der Waals surface area contributed by atoms with Crippen LogP contribution in [0.5, 0.6) is 17.2 Å². The van der Waals surface area contributed by atoms with Crippen molar-refractivity contribution >= 4 is 51.3 Å². The van der Waals surface area contributed by atoms with E-state index in [0.29, 0.717) is 31.6 Å². The average molecular weight is 524 g/mol. The molecule has 0 bridgehead atoms. The highest BCUT2D eigenvalue weighted by molar-refractivity contribution is 9.10. The van der Waals surface area contributed by atoms with E-state index in [2.05, 4.69) is 26.5 Å². The van der Waals surface area contributed by atoms with E-state index in [4.69, 9.17) is 32.7 Å². The summed E-state index contributed by atoms with van der Waals surface area (Å²) in [4.78, 5) is 12.2. The second-order valence-electron chi connectivity index (χ2n) is 6.30. The van der Waals surface area contributed by atoms with E-state index in [1.807, 2.05) is 0 Å². The quantitative estimate of drug-likeness (QED) is 0.302. The molecule has 0 radical (unpaired) electrons. The van der Waals surface area contributed by atoms with Gasteiger partial charge in [0.15, 0.2) is 11.5 Å². The van der Waals surface area contributed by atoms with Crippen molar-refractivity contribution < 1.29 is 19.4 Å². The number of ether oxygens (including phenoxy) is 2. The summed E-state index contributed by atoms with van der Waals surface area (Å²) in [5, 5.41) is 14.8. The Morgan fingerprint density at radius 1 is 1.13 bits per heavy atom. The summed E-state index contributed by atoms with van der Waals surface area (Å²) in [5.41, 5.74) is 3.95. The number of nitrogens with one attached hydrogen (secondary N) is 1. The summed E-state index contributed by atoms with van der Waals surface area (Å²) in [6, 6.07) is 14.9. The normalized spacial score (nSPS) is 10.8. The monoisotopic (exact) mass is 522 g/mol. The SMILES string of the molecule is COc1cc(/C=N/NC(=O)c2cc(Br)ccc2O)ccc1OCc1ccc(Cl)cc1Cl. The van der Waals surface area contributed by atoms with Crippen molar-refractivity contribution in [1.29, 1.82) is 0 Å². The molecule has 1 amide bonds. The van der Waals surface area contributed by atoms with Crippen LogP contribution >= 0.6 is 39.1 Å². The molecular weight excluding hydrogens is 507 g/mol. The molecule has 0 atom stereocenters. The van der Waals surface area contributed by atoms with Gasteiger partial charge in [0.25, 0.3) is 5.91 Å². The van der Waals surface area contributed by atoms with E-state index < -0.39 is 5.91 Å². The molecule has 160 valence electrons. The van der Waals surface area contributed by atoms with Crippen molar-refractivity contribution in [2.45, 2.75) is 6.61 Å². The van der Waals surface area contributed by atoms with Gasteiger partial charge in [-0.25, -0.2) is 5.43 Å². The van der Waals surface area contributed by atoms with Gasteiger partial charge >= 0.3 is 0 Å². The van der Waals surface area contributed by atoms with E-state index >= 15 is 0 Å². The summed E-state index contributed by atoms with van der Waals surface area (Å²) in [6.45, 7) is 0.242. The Morgan fingerprint density at radius 2 is 1.94 bits per heavy atom. The van der Waals surface area contributed by atoms with Crippen molar-refractivity contribution in [2.24, 2.45) is 5.10 Å². The number of amides is 1. The second-order valence-corrected chi connectivity index (χ2v) is 8.05. The maximum absolute atomic E-state index is 12.2. The summed E-state index contributed by atoms with van der Waals surface area (Å²) in [5.74, 6) is 0.334. The number of hydrazone groups is 1. The van der Waals surface area contributed by atoms with Gasteiger partial charge in [0.2, 0.25) is 0 Å². The fourth-order valence-corrected chi connectivity index (χ4v) is 3.42. The number of hydrogen-bond donors (Lipinski definition) is 2. The van der Waals surface area contributed by atoms with Gasteiger partial charge < -0.3 is 14.6 Å². The number of hydrogen-bond acceptors (Lipinski definition) is 5. The topological polar surface area (TPSA) is 80.2 Å². The minimum Gasteiger partial charge on any atom is -0.507 e. The van der Waals surface area contributed by atoms with Gasteiger partial charge in [-0.2, -0.15) is 5.10 Å². The van der Waals surface area contributed by atoms with E-state index in [1.54, 1.807) is 42.5 Å². The van der Waals surface area contributed by atoms with Gasteiger partial charge in [-0.3, -0.25) is 4.79 Å². The molecule has 0 aromatic heterocycles. The Bertz CT molecular complexity index is 1140. The van der Waals surface area contributed by atoms with Crippen molar-refractivity contribution in [3.05, 3.63) is 85.8 Å². The first kappa shape index (κ1) is 22.9. The standard InChI is InChI=1S/C22H17BrCl2N2O4/c1-30-21-8-13(11-26-27-22(29)17-9-15(23)4-6-19(17)28)2-7-20(21)31-12-14-3-5-16(24)10-18(14)25/h2-11,28H,12H2,1H3,(H,27,29)/b26-11+. The van der Waals surface area contributed by atoms with Crippen LogP contribution in [0.3, 0.4) is 0 Å². The molecule has 0 aliphatic rings. The van der Waals surface area contributed by atoms with Crippen molar-refractivity contribution in [3.8, 4) is 17.2 Å². The van der Waals surface area contributed by atoms with E-state index in [1.165, 1.54) is 25.5 Å². The van der Waals surface area contributed by atoms with E-state index in [-0.39, 0.29) is 17.9 Å². The number of phenolic OH excluding ortho intramolecular Hbond substituents is 1. The number of rotatable bonds is 7. The Kier molecular flexibility index (Phi) is 7.79. The van der Waals surface area contributed by atoms with Crippen LogP contribution in [-0.4, -0.2) is 24.3 Å². The fraction of sp³-hybridized carbons (Fsp3) is 0.0909. The third-order valence-electron chi connectivity index (χ3n) is 4.17. The van der Waals surface area contributed by atoms with Crippen LogP contribution < -0.4 is 14.9 Å². The zero-order valence-electron chi connectivity index (χ0n) is 16.2. The van der Waals surface area contributed by atoms with Gasteiger partial charge in [-0.15, -0.1) is 0 Å². The largest absolute Gasteiger partial charge is 0.507 e. The van der Waals surface area contributed by atoms with Gasteiger partial charge in [0, 0.05) is 20.1 Å². The predicted octanol–water partition coefficient (Wildman–Crippen LogP) is 5.81. The molecule has 0 heterocycles. The Hall–Kier alpha value is -2.74. The number of phenols is 1. The number of benzene rings is 3. The van der Waals surface area contributed by atoms with Gasteiger partial charge in [0.05, 0.1) is 18.9 Å². The first-order chi connectivity index (χ1) is 14.9. The molecule has 0 unspecified atom stereocenters. The smallest absolute Gasteiger partial charge is 0.275 e. The highest BCUT2D eigenvalue weighted by Gasteiger charge is 2.11. The maximum atomic E-state index is 12.2. The van der Waals surface area contributed by atoms with E-state index in [9.17, 15) is 9.90 Å². The fourth-order valence-electron chi connectivity index (χ4n) is 2.59. The third-order valence-corrected chi connectivity index (χ3v) is 5.25. The molecule has 9 heteroatoms. The summed E-state index contributed by atoms with van der Waals surface area (Å²) >= 11 is 15.3. The first-order valence-corrected chi connectivity index (χ1v) is 10.5. The number of carbonyl (C=O) groups excluding carboxylic acids is 1. The lowest BCUT2D eigenvalue weighted by Crippen LogP contribution is -2.17. The molecule has 3 aromatic carbocycles. The maximum Gasteiger partial charge on any atom is 0.275 e. The third kappa shape index (κ3) is 6.13. The minimum absolute atomic E-state index is 0.105. The number of methoxy groups -OCH3 is 1. The molecule has 6 nitrogen and oxygen atoms in total. The van der Waals surface area contributed by atoms with Crippen LogP contribution in [0.4, 0.5) is 0 Å². The second kappa shape index (κ2) is 10.5. The summed E-state index contributed by atoms with van der Waals surface area (Å²) in [7, 11) is 1.52. The Balaban J connectivity index is 1.66. The van der Waals surface area contributed by atoms with Crippen LogP contribution in [0.25, 0.3) is 0 Å². The molecule has 0 saturated heterocycles. The van der Waals surface area contributed by atoms with Crippen molar-refractivity contribution in [2.75, 3.05) is 7.11 Å². The van der Waals surface area contributed by atoms with Gasteiger partial charge in [-0.1, -0.05) is 45.2 Å². The molecule has 0 saturated carbocycles. The molecule has 0 fully saturated rings.